The number of hydrogen-bond donors (Lipinski definition) is 0. The molecule has 0 radical (unpaired) electrons. The van der Waals surface area contributed by atoms with Crippen LogP contribution < -0.4 is 0 Å². The van der Waals surface area contributed by atoms with Crippen molar-refractivity contribution in [2.75, 3.05) is 18.1 Å². The fourth-order valence-corrected chi connectivity index (χ4v) is 3.40. The minimum Gasteiger partial charge on any atom is -0.292 e. The molecule has 0 bridgehead atoms. The number of Topliss-reactive ketones (excluding diaryl/α,β-unsaturated/α-hetero) is 1. The number of hydrogen-bond acceptors (Lipinski definition) is 3. The summed E-state index contributed by atoms with van der Waals surface area (Å²) in [4.78, 5) is 14.4. The van der Waals surface area contributed by atoms with Gasteiger partial charge in [0.25, 0.3) is 0 Å². The Morgan fingerprint density at radius 3 is 2.79 bits per heavy atom. The number of thioether (sulfide) groups is 1. The van der Waals surface area contributed by atoms with Gasteiger partial charge in [-0.15, -0.1) is 0 Å². The van der Waals surface area contributed by atoms with E-state index in [1.54, 1.807) is 0 Å². The van der Waals surface area contributed by atoms with Gasteiger partial charge in [0.05, 0.1) is 6.04 Å². The van der Waals surface area contributed by atoms with Gasteiger partial charge < -0.3 is 0 Å². The minimum absolute atomic E-state index is 0.155. The first-order valence-corrected chi connectivity index (χ1v) is 7.49. The topological polar surface area (TPSA) is 20.3 Å². The Morgan fingerprint density at radius 2 is 2.16 bits per heavy atom. The molecule has 0 saturated carbocycles. The molecule has 1 fully saturated rings. The van der Waals surface area contributed by atoms with Crippen LogP contribution in [0.1, 0.15) is 24.2 Å². The van der Waals surface area contributed by atoms with Crippen molar-refractivity contribution in [3.8, 4) is 0 Å². The summed E-state index contributed by atoms with van der Waals surface area (Å²) in [6, 6.07) is 3.35. The van der Waals surface area contributed by atoms with Crippen molar-refractivity contribution in [3.05, 3.63) is 35.4 Å². The Hall–Kier alpha value is -0.940. The number of carbonyl (C=O) groups is 1. The lowest BCUT2D eigenvalue weighted by atomic mass is 10.0. The monoisotopic (exact) mass is 285 g/mol. The van der Waals surface area contributed by atoms with Crippen LogP contribution in [0.4, 0.5) is 8.78 Å². The SMILES string of the molecule is CC1CSCCN1C(C)C(=O)c1ccc(F)c(F)c1. The number of benzene rings is 1. The molecule has 1 saturated heterocycles. The minimum atomic E-state index is -0.972. The molecule has 104 valence electrons. The molecule has 1 aliphatic rings. The maximum absolute atomic E-state index is 13.2. The van der Waals surface area contributed by atoms with Crippen LogP contribution in [0.5, 0.6) is 0 Å². The first kappa shape index (κ1) is 14.5. The lowest BCUT2D eigenvalue weighted by Gasteiger charge is -2.36. The molecule has 1 heterocycles. The third-order valence-corrected chi connectivity index (χ3v) is 4.69. The van der Waals surface area contributed by atoms with Crippen molar-refractivity contribution >= 4 is 17.5 Å². The van der Waals surface area contributed by atoms with Gasteiger partial charge in [0, 0.05) is 29.7 Å². The summed E-state index contributed by atoms with van der Waals surface area (Å²) < 4.78 is 26.1. The molecule has 1 aliphatic heterocycles. The molecule has 5 heteroatoms. The van der Waals surface area contributed by atoms with Crippen LogP contribution in [0, 0.1) is 11.6 Å². The highest BCUT2D eigenvalue weighted by Gasteiger charge is 2.28. The molecule has 1 aromatic rings. The van der Waals surface area contributed by atoms with Crippen molar-refractivity contribution in [3.63, 3.8) is 0 Å². The van der Waals surface area contributed by atoms with Crippen molar-refractivity contribution in [1.82, 2.24) is 4.90 Å². The third-order valence-electron chi connectivity index (χ3n) is 3.50. The van der Waals surface area contributed by atoms with Crippen LogP contribution in [-0.2, 0) is 0 Å². The van der Waals surface area contributed by atoms with Gasteiger partial charge in [-0.1, -0.05) is 0 Å². The summed E-state index contributed by atoms with van der Waals surface area (Å²) in [6.07, 6.45) is 0. The van der Waals surface area contributed by atoms with E-state index in [0.29, 0.717) is 6.04 Å². The normalized spacial score (nSPS) is 22.2. The van der Waals surface area contributed by atoms with Gasteiger partial charge in [-0.05, 0) is 32.0 Å². The van der Waals surface area contributed by atoms with Gasteiger partial charge in [-0.25, -0.2) is 8.78 Å². The number of rotatable bonds is 3. The Balaban J connectivity index is 2.15. The van der Waals surface area contributed by atoms with Crippen molar-refractivity contribution in [2.45, 2.75) is 25.9 Å². The van der Waals surface area contributed by atoms with E-state index >= 15 is 0 Å². The summed E-state index contributed by atoms with van der Waals surface area (Å²) in [7, 11) is 0. The van der Waals surface area contributed by atoms with E-state index in [-0.39, 0.29) is 17.4 Å². The molecule has 2 rings (SSSR count). The summed E-state index contributed by atoms with van der Waals surface area (Å²) >= 11 is 1.87. The zero-order valence-corrected chi connectivity index (χ0v) is 11.8. The van der Waals surface area contributed by atoms with E-state index in [0.717, 1.165) is 30.2 Å². The Morgan fingerprint density at radius 1 is 1.42 bits per heavy atom. The molecular formula is C14H17F2NOS. The first-order valence-electron chi connectivity index (χ1n) is 6.33. The van der Waals surface area contributed by atoms with E-state index in [4.69, 9.17) is 0 Å². The highest BCUT2D eigenvalue weighted by molar-refractivity contribution is 7.99. The summed E-state index contributed by atoms with van der Waals surface area (Å²) in [5.74, 6) is -0.0558. The fourth-order valence-electron chi connectivity index (χ4n) is 2.36. The van der Waals surface area contributed by atoms with Gasteiger partial charge in [-0.3, -0.25) is 9.69 Å². The average Bonchev–Trinajstić information content (AvgIpc) is 2.41. The second-order valence-corrected chi connectivity index (χ2v) is 5.98. The summed E-state index contributed by atoms with van der Waals surface area (Å²) in [6.45, 7) is 4.76. The molecule has 0 N–H and O–H groups in total. The molecule has 2 unspecified atom stereocenters. The predicted molar refractivity (Wildman–Crippen MR) is 73.6 cm³/mol. The molecule has 2 atom stereocenters. The van der Waals surface area contributed by atoms with Crippen LogP contribution in [-0.4, -0.2) is 40.8 Å². The van der Waals surface area contributed by atoms with Crippen molar-refractivity contribution < 1.29 is 13.6 Å². The molecular weight excluding hydrogens is 268 g/mol. The maximum atomic E-state index is 13.2. The highest BCUT2D eigenvalue weighted by Crippen LogP contribution is 2.21. The molecule has 0 aromatic heterocycles. The second kappa shape index (κ2) is 6.01. The third kappa shape index (κ3) is 3.15. The Labute approximate surface area is 116 Å². The first-order chi connectivity index (χ1) is 9.00. The van der Waals surface area contributed by atoms with Crippen LogP contribution in [0.15, 0.2) is 18.2 Å². The lowest BCUT2D eigenvalue weighted by molar-refractivity contribution is 0.0799. The van der Waals surface area contributed by atoms with Gasteiger partial charge >= 0.3 is 0 Å². The highest BCUT2D eigenvalue weighted by atomic mass is 32.2. The molecule has 1 aromatic carbocycles. The molecule has 0 aliphatic carbocycles. The molecule has 19 heavy (non-hydrogen) atoms. The summed E-state index contributed by atoms with van der Waals surface area (Å²) in [5, 5.41) is 0. The number of carbonyl (C=O) groups excluding carboxylic acids is 1. The molecule has 0 spiro atoms. The molecule has 2 nitrogen and oxygen atoms in total. The van der Waals surface area contributed by atoms with E-state index in [1.807, 2.05) is 18.7 Å². The van der Waals surface area contributed by atoms with Gasteiger partial charge in [0.2, 0.25) is 0 Å². The van der Waals surface area contributed by atoms with Crippen LogP contribution in [0.3, 0.4) is 0 Å². The van der Waals surface area contributed by atoms with E-state index in [1.165, 1.54) is 6.07 Å². The zero-order valence-electron chi connectivity index (χ0n) is 11.0. The lowest BCUT2D eigenvalue weighted by Crippen LogP contribution is -2.49. The van der Waals surface area contributed by atoms with Gasteiger partial charge in [0.1, 0.15) is 0 Å². The predicted octanol–water partition coefficient (Wildman–Crippen LogP) is 2.97. The zero-order chi connectivity index (χ0) is 14.0. The van der Waals surface area contributed by atoms with Crippen LogP contribution in [0.25, 0.3) is 0 Å². The van der Waals surface area contributed by atoms with Crippen LogP contribution >= 0.6 is 11.8 Å². The van der Waals surface area contributed by atoms with Gasteiger partial charge in [-0.2, -0.15) is 11.8 Å². The van der Waals surface area contributed by atoms with Crippen molar-refractivity contribution in [2.24, 2.45) is 0 Å². The smallest absolute Gasteiger partial charge is 0.179 e. The van der Waals surface area contributed by atoms with E-state index in [9.17, 15) is 13.6 Å². The van der Waals surface area contributed by atoms with E-state index < -0.39 is 11.6 Å². The fraction of sp³-hybridized carbons (Fsp3) is 0.500. The Kier molecular flexibility index (Phi) is 4.58. The molecule has 0 amide bonds. The summed E-state index contributed by atoms with van der Waals surface area (Å²) in [5.41, 5.74) is 0.233. The second-order valence-electron chi connectivity index (χ2n) is 4.83. The van der Waals surface area contributed by atoms with Gasteiger partial charge in [0.15, 0.2) is 17.4 Å². The quantitative estimate of drug-likeness (QED) is 0.796. The number of halogens is 2. The van der Waals surface area contributed by atoms with Crippen molar-refractivity contribution in [1.29, 1.82) is 0 Å². The number of ketones is 1. The Bertz CT molecular complexity index is 481. The van der Waals surface area contributed by atoms with Crippen LogP contribution in [0.2, 0.25) is 0 Å². The maximum Gasteiger partial charge on any atom is 0.179 e. The largest absolute Gasteiger partial charge is 0.292 e. The number of nitrogens with zero attached hydrogens (tertiary/aromatic N) is 1. The standard InChI is InChI=1S/C14H17F2NOS/c1-9-8-19-6-5-17(9)10(2)14(18)11-3-4-12(15)13(16)7-11/h3-4,7,9-10H,5-6,8H2,1-2H3. The van der Waals surface area contributed by atoms with E-state index in [2.05, 4.69) is 11.8 Å². The average molecular weight is 285 g/mol.